The summed E-state index contributed by atoms with van der Waals surface area (Å²) in [5, 5.41) is 18.9. The fourth-order valence-corrected chi connectivity index (χ4v) is 2.05. The highest BCUT2D eigenvalue weighted by Crippen LogP contribution is 2.29. The van der Waals surface area contributed by atoms with Crippen molar-refractivity contribution in [2.24, 2.45) is 0 Å². The quantitative estimate of drug-likeness (QED) is 0.580. The maximum atomic E-state index is 11.6. The van der Waals surface area contributed by atoms with E-state index in [1.807, 2.05) is 0 Å². The molecule has 1 aliphatic rings. The molecule has 0 radical (unpaired) electrons. The van der Waals surface area contributed by atoms with Gasteiger partial charge in [0.25, 0.3) is 0 Å². The lowest BCUT2D eigenvalue weighted by atomic mass is 10.2. The molecule has 3 rings (SSSR count). The second-order valence-corrected chi connectivity index (χ2v) is 4.13. The molecule has 100 valence electrons. The van der Waals surface area contributed by atoms with Gasteiger partial charge in [0.1, 0.15) is 17.9 Å². The lowest BCUT2D eigenvalue weighted by molar-refractivity contribution is -0.128. The second-order valence-electron chi connectivity index (χ2n) is 4.13. The molecule has 0 amide bonds. The van der Waals surface area contributed by atoms with Crippen LogP contribution in [0.5, 0.6) is 0 Å². The van der Waals surface area contributed by atoms with Crippen LogP contribution in [0.3, 0.4) is 0 Å². The average molecular weight is 265 g/mol. The van der Waals surface area contributed by atoms with E-state index < -0.39 is 30.8 Å². The average Bonchev–Trinajstić information content (AvgIpc) is 2.94. The molecule has 0 aliphatic carbocycles. The van der Waals surface area contributed by atoms with Gasteiger partial charge in [-0.05, 0) is 0 Å². The van der Waals surface area contributed by atoms with Crippen LogP contribution in [0.1, 0.15) is 6.23 Å². The molecule has 3 heterocycles. The van der Waals surface area contributed by atoms with Gasteiger partial charge in [0.15, 0.2) is 29.6 Å². The van der Waals surface area contributed by atoms with Crippen LogP contribution in [0.15, 0.2) is 12.7 Å². The molecule has 1 aliphatic heterocycles. The van der Waals surface area contributed by atoms with Gasteiger partial charge >= 0.3 is 0 Å². The van der Waals surface area contributed by atoms with Crippen molar-refractivity contribution in [1.82, 2.24) is 19.5 Å². The zero-order valence-electron chi connectivity index (χ0n) is 9.67. The van der Waals surface area contributed by atoms with Gasteiger partial charge in [-0.25, -0.2) is 15.0 Å². The summed E-state index contributed by atoms with van der Waals surface area (Å²) in [7, 11) is 0. The summed E-state index contributed by atoms with van der Waals surface area (Å²) in [5.41, 5.74) is 6.36. The number of ether oxygens (including phenoxy) is 1. The summed E-state index contributed by atoms with van der Waals surface area (Å²) >= 11 is 0. The first-order valence-corrected chi connectivity index (χ1v) is 5.54. The number of nitrogen functional groups attached to an aromatic ring is 1. The first-order valence-electron chi connectivity index (χ1n) is 5.54. The number of aliphatic hydroxyl groups is 2. The van der Waals surface area contributed by atoms with Crippen molar-refractivity contribution in [2.75, 3.05) is 12.3 Å². The van der Waals surface area contributed by atoms with E-state index in [2.05, 4.69) is 15.0 Å². The molecule has 2 aromatic rings. The van der Waals surface area contributed by atoms with E-state index in [1.165, 1.54) is 17.2 Å². The number of Topliss-reactive ketones (excluding diaryl/α,β-unsaturated/α-hetero) is 1. The standard InChI is InChI=1S/C10H11N5O4/c11-8-5-9(13-2-12-8)15(3-14-5)10-7(18)6(17)4(1-16)19-10/h2-4,7,10,16,18H,1H2,(H2,11,12,13)/t4-,7-,10-/m0/s1. The molecule has 9 heteroatoms. The van der Waals surface area contributed by atoms with Gasteiger partial charge in [-0.3, -0.25) is 9.36 Å². The molecule has 3 atom stereocenters. The monoisotopic (exact) mass is 265 g/mol. The number of imidazole rings is 1. The zero-order chi connectivity index (χ0) is 13.6. The highest BCUT2D eigenvalue weighted by atomic mass is 16.6. The first kappa shape index (κ1) is 12.0. The number of carbonyl (C=O) groups excluding carboxylic acids is 1. The zero-order valence-corrected chi connectivity index (χ0v) is 9.67. The van der Waals surface area contributed by atoms with Crippen molar-refractivity contribution in [3.05, 3.63) is 12.7 Å². The van der Waals surface area contributed by atoms with Crippen LogP contribution < -0.4 is 5.73 Å². The number of nitrogens with zero attached hydrogens (tertiary/aromatic N) is 4. The first-order chi connectivity index (χ1) is 9.13. The van der Waals surface area contributed by atoms with Crippen molar-refractivity contribution >= 4 is 22.8 Å². The molecule has 0 bridgehead atoms. The van der Waals surface area contributed by atoms with E-state index in [9.17, 15) is 9.90 Å². The van der Waals surface area contributed by atoms with Gasteiger partial charge in [0.05, 0.1) is 12.9 Å². The van der Waals surface area contributed by atoms with Crippen LogP contribution in [-0.2, 0) is 9.53 Å². The Labute approximate surface area is 106 Å². The van der Waals surface area contributed by atoms with E-state index in [1.54, 1.807) is 0 Å². The van der Waals surface area contributed by atoms with Crippen LogP contribution in [0, 0.1) is 0 Å². The Kier molecular flexibility index (Phi) is 2.66. The summed E-state index contributed by atoms with van der Waals surface area (Å²) in [4.78, 5) is 23.4. The third-order valence-corrected chi connectivity index (χ3v) is 3.01. The summed E-state index contributed by atoms with van der Waals surface area (Å²) in [6, 6.07) is 0. The van der Waals surface area contributed by atoms with Gasteiger partial charge < -0.3 is 20.7 Å². The third kappa shape index (κ3) is 1.67. The number of hydrogen-bond acceptors (Lipinski definition) is 8. The number of nitrogens with two attached hydrogens (primary N) is 1. The van der Waals surface area contributed by atoms with Crippen LogP contribution in [-0.4, -0.2) is 54.3 Å². The number of rotatable bonds is 2. The Morgan fingerprint density at radius 3 is 2.89 bits per heavy atom. The number of carbonyl (C=O) groups is 1. The van der Waals surface area contributed by atoms with Gasteiger partial charge in [-0.1, -0.05) is 0 Å². The molecule has 1 saturated heterocycles. The van der Waals surface area contributed by atoms with Gasteiger partial charge in [-0.15, -0.1) is 0 Å². The lowest BCUT2D eigenvalue weighted by Gasteiger charge is -2.14. The Hall–Kier alpha value is -2.10. The van der Waals surface area contributed by atoms with Crippen LogP contribution in [0.4, 0.5) is 5.82 Å². The third-order valence-electron chi connectivity index (χ3n) is 3.01. The highest BCUT2D eigenvalue weighted by Gasteiger charge is 2.43. The smallest absolute Gasteiger partial charge is 0.197 e. The summed E-state index contributed by atoms with van der Waals surface area (Å²) in [5.74, 6) is -0.377. The molecule has 0 aromatic carbocycles. The molecule has 9 nitrogen and oxygen atoms in total. The Morgan fingerprint density at radius 2 is 2.21 bits per heavy atom. The van der Waals surface area contributed by atoms with Crippen molar-refractivity contribution in [1.29, 1.82) is 0 Å². The van der Waals surface area contributed by atoms with Crippen molar-refractivity contribution in [3.63, 3.8) is 0 Å². The number of fused-ring (bicyclic) bond motifs is 1. The van der Waals surface area contributed by atoms with Gasteiger partial charge in [-0.2, -0.15) is 0 Å². The van der Waals surface area contributed by atoms with Gasteiger partial charge in [0, 0.05) is 0 Å². The minimum absolute atomic E-state index is 0.196. The number of anilines is 1. The molecule has 1 fully saturated rings. The van der Waals surface area contributed by atoms with E-state index in [-0.39, 0.29) is 5.82 Å². The van der Waals surface area contributed by atoms with E-state index in [4.69, 9.17) is 15.6 Å². The van der Waals surface area contributed by atoms with E-state index >= 15 is 0 Å². The SMILES string of the molecule is Nc1ncnc2c1ncn2[C@H]1O[C@@H](CO)C(=O)[C@@H]1O. The van der Waals surface area contributed by atoms with Crippen LogP contribution >= 0.6 is 0 Å². The predicted octanol–water partition coefficient (Wildman–Crippen LogP) is -1.77. The van der Waals surface area contributed by atoms with Crippen molar-refractivity contribution in [2.45, 2.75) is 18.4 Å². The van der Waals surface area contributed by atoms with E-state index in [0.717, 1.165) is 0 Å². The Morgan fingerprint density at radius 1 is 1.42 bits per heavy atom. The summed E-state index contributed by atoms with van der Waals surface area (Å²) < 4.78 is 6.69. The number of aliphatic hydroxyl groups excluding tert-OH is 2. The highest BCUT2D eigenvalue weighted by molar-refractivity contribution is 5.89. The fourth-order valence-electron chi connectivity index (χ4n) is 2.05. The minimum Gasteiger partial charge on any atom is -0.393 e. The normalized spacial score (nSPS) is 27.3. The number of aromatic nitrogens is 4. The van der Waals surface area contributed by atoms with Gasteiger partial charge in [0.2, 0.25) is 0 Å². The lowest BCUT2D eigenvalue weighted by Crippen LogP contribution is -2.27. The Bertz CT molecular complexity index is 642. The summed E-state index contributed by atoms with van der Waals surface area (Å²) in [6.45, 7) is -0.490. The van der Waals surface area contributed by atoms with Crippen LogP contribution in [0.25, 0.3) is 11.2 Å². The largest absolute Gasteiger partial charge is 0.393 e. The molecule has 0 saturated carbocycles. The topological polar surface area (TPSA) is 136 Å². The fraction of sp³-hybridized carbons (Fsp3) is 0.400. The van der Waals surface area contributed by atoms with Crippen LogP contribution in [0.2, 0.25) is 0 Å². The molecular weight excluding hydrogens is 254 g/mol. The maximum absolute atomic E-state index is 11.6. The maximum Gasteiger partial charge on any atom is 0.197 e. The number of ketones is 1. The molecule has 0 spiro atoms. The molecule has 19 heavy (non-hydrogen) atoms. The Balaban J connectivity index is 2.06. The van der Waals surface area contributed by atoms with Crippen molar-refractivity contribution in [3.8, 4) is 0 Å². The molecule has 4 N–H and O–H groups in total. The molecule has 0 unspecified atom stereocenters. The number of hydrogen-bond donors (Lipinski definition) is 3. The minimum atomic E-state index is -1.38. The predicted molar refractivity (Wildman–Crippen MR) is 61.7 cm³/mol. The molecular formula is C10H11N5O4. The van der Waals surface area contributed by atoms with Crippen molar-refractivity contribution < 1.29 is 19.7 Å². The summed E-state index contributed by atoms with van der Waals surface area (Å²) in [6.07, 6.45) is -0.801. The second kappa shape index (κ2) is 4.23. The molecule has 2 aromatic heterocycles. The van der Waals surface area contributed by atoms with E-state index in [0.29, 0.717) is 11.2 Å².